The van der Waals surface area contributed by atoms with Crippen LogP contribution in [0.1, 0.15) is 21.5 Å². The quantitative estimate of drug-likeness (QED) is 0.306. The van der Waals surface area contributed by atoms with Crippen LogP contribution < -0.4 is 4.74 Å². The number of benzene rings is 3. The lowest BCUT2D eigenvalue weighted by Crippen LogP contribution is -2.12. The molecule has 0 saturated heterocycles. The van der Waals surface area contributed by atoms with E-state index in [-0.39, 0.29) is 16.9 Å². The van der Waals surface area contributed by atoms with Gasteiger partial charge in [-0.15, -0.1) is 0 Å². The minimum Gasteiger partial charge on any atom is -0.423 e. The van der Waals surface area contributed by atoms with E-state index in [9.17, 15) is 22.4 Å². The van der Waals surface area contributed by atoms with Gasteiger partial charge in [0, 0.05) is 0 Å². The van der Waals surface area contributed by atoms with Crippen LogP contribution in [0.25, 0.3) is 11.1 Å². The molecule has 0 fully saturated rings. The van der Waals surface area contributed by atoms with Gasteiger partial charge in [-0.2, -0.15) is 13.2 Å². The minimum absolute atomic E-state index is 0.0398. The van der Waals surface area contributed by atoms with Gasteiger partial charge in [0.1, 0.15) is 11.6 Å². The summed E-state index contributed by atoms with van der Waals surface area (Å²) in [6.07, 6.45) is -5.39. The summed E-state index contributed by atoms with van der Waals surface area (Å²) in [7, 11) is 0. The molecule has 0 atom stereocenters. The Hall–Kier alpha value is -3.15. The van der Waals surface area contributed by atoms with Crippen LogP contribution in [0.5, 0.6) is 5.75 Å². The summed E-state index contributed by atoms with van der Waals surface area (Å²) in [5.74, 6) is -1.62. The largest absolute Gasteiger partial charge is 0.423 e. The van der Waals surface area contributed by atoms with E-state index < -0.39 is 24.4 Å². The maximum absolute atomic E-state index is 14.4. The van der Waals surface area contributed by atoms with Gasteiger partial charge in [-0.3, -0.25) is 0 Å². The standard InChI is InChI=1S/C22H16F4O2/c1-14-2-6-16(7-3-14)17-8-11-19(20(23)12-17)21(27)28-18-9-4-15(5-10-18)13-22(24,25)26/h2-12H,13H2,1H3. The van der Waals surface area contributed by atoms with Gasteiger partial charge in [0.25, 0.3) is 0 Å². The number of aryl methyl sites for hydroxylation is 1. The highest BCUT2D eigenvalue weighted by Gasteiger charge is 2.27. The molecule has 3 aromatic rings. The van der Waals surface area contributed by atoms with E-state index in [0.717, 1.165) is 11.1 Å². The average molecular weight is 388 g/mol. The molecule has 3 rings (SSSR count). The predicted octanol–water partition coefficient (Wildman–Crippen LogP) is 6.13. The molecule has 0 heterocycles. The second kappa shape index (κ2) is 7.84. The first-order valence-electron chi connectivity index (χ1n) is 8.46. The smallest absolute Gasteiger partial charge is 0.393 e. The van der Waals surface area contributed by atoms with Crippen LogP contribution >= 0.6 is 0 Å². The van der Waals surface area contributed by atoms with Crippen LogP contribution in [0.15, 0.2) is 66.7 Å². The summed E-state index contributed by atoms with van der Waals surface area (Å²) >= 11 is 0. The van der Waals surface area contributed by atoms with Gasteiger partial charge < -0.3 is 4.74 Å². The topological polar surface area (TPSA) is 26.3 Å². The average Bonchev–Trinajstić information content (AvgIpc) is 2.62. The van der Waals surface area contributed by atoms with Gasteiger partial charge in [-0.05, 0) is 47.9 Å². The lowest BCUT2D eigenvalue weighted by Gasteiger charge is -2.09. The van der Waals surface area contributed by atoms with E-state index in [1.807, 2.05) is 31.2 Å². The molecule has 0 aliphatic carbocycles. The van der Waals surface area contributed by atoms with Crippen LogP contribution in [0.4, 0.5) is 17.6 Å². The van der Waals surface area contributed by atoms with Crippen LogP contribution in [0.3, 0.4) is 0 Å². The van der Waals surface area contributed by atoms with E-state index >= 15 is 0 Å². The fourth-order valence-corrected chi connectivity index (χ4v) is 2.68. The molecule has 0 bridgehead atoms. The highest BCUT2D eigenvalue weighted by atomic mass is 19.4. The van der Waals surface area contributed by atoms with Crippen molar-refractivity contribution in [3.63, 3.8) is 0 Å². The molecule has 0 aliphatic heterocycles. The molecule has 0 unspecified atom stereocenters. The third-order valence-corrected chi connectivity index (χ3v) is 4.11. The molecule has 0 saturated carbocycles. The first-order chi connectivity index (χ1) is 13.2. The van der Waals surface area contributed by atoms with Crippen molar-refractivity contribution in [1.82, 2.24) is 0 Å². The third-order valence-electron chi connectivity index (χ3n) is 4.11. The Morgan fingerprint density at radius 2 is 1.50 bits per heavy atom. The van der Waals surface area contributed by atoms with E-state index in [0.29, 0.717) is 5.56 Å². The Morgan fingerprint density at radius 1 is 0.893 bits per heavy atom. The zero-order valence-corrected chi connectivity index (χ0v) is 14.9. The van der Waals surface area contributed by atoms with Gasteiger partial charge in [0.05, 0.1) is 12.0 Å². The number of carbonyl (C=O) groups excluding carboxylic acids is 1. The van der Waals surface area contributed by atoms with Crippen molar-refractivity contribution in [3.05, 3.63) is 89.2 Å². The first-order valence-corrected chi connectivity index (χ1v) is 8.46. The highest BCUT2D eigenvalue weighted by Crippen LogP contribution is 2.25. The molecule has 28 heavy (non-hydrogen) atoms. The van der Waals surface area contributed by atoms with E-state index in [2.05, 4.69) is 0 Å². The summed E-state index contributed by atoms with van der Waals surface area (Å²) in [6, 6.07) is 16.6. The minimum atomic E-state index is -4.32. The summed E-state index contributed by atoms with van der Waals surface area (Å²) in [5, 5.41) is 0. The Balaban J connectivity index is 1.73. The molecule has 0 aliphatic rings. The SMILES string of the molecule is Cc1ccc(-c2ccc(C(=O)Oc3ccc(CC(F)(F)F)cc3)c(F)c2)cc1. The zero-order valence-electron chi connectivity index (χ0n) is 14.9. The Labute approximate surface area is 159 Å². The molecule has 0 N–H and O–H groups in total. The molecule has 3 aromatic carbocycles. The fraction of sp³-hybridized carbons (Fsp3) is 0.136. The monoisotopic (exact) mass is 388 g/mol. The van der Waals surface area contributed by atoms with Crippen molar-refractivity contribution in [2.75, 3.05) is 0 Å². The van der Waals surface area contributed by atoms with Crippen molar-refractivity contribution in [1.29, 1.82) is 0 Å². The lowest BCUT2D eigenvalue weighted by atomic mass is 10.0. The Morgan fingerprint density at radius 3 is 2.07 bits per heavy atom. The first kappa shape index (κ1) is 19.6. The summed E-state index contributed by atoms with van der Waals surface area (Å²) < 4.78 is 56.6. The zero-order chi connectivity index (χ0) is 20.3. The molecular formula is C22H16F4O2. The van der Waals surface area contributed by atoms with Gasteiger partial charge in [-0.1, -0.05) is 48.0 Å². The molecule has 0 amide bonds. The number of rotatable bonds is 4. The summed E-state index contributed by atoms with van der Waals surface area (Å²) in [4.78, 5) is 12.2. The van der Waals surface area contributed by atoms with Crippen molar-refractivity contribution in [2.24, 2.45) is 0 Å². The highest BCUT2D eigenvalue weighted by molar-refractivity contribution is 5.92. The Bertz CT molecular complexity index is 975. The van der Waals surface area contributed by atoms with Crippen molar-refractivity contribution in [3.8, 4) is 16.9 Å². The van der Waals surface area contributed by atoms with Gasteiger partial charge in [0.15, 0.2) is 0 Å². The summed E-state index contributed by atoms with van der Waals surface area (Å²) in [6.45, 7) is 1.94. The van der Waals surface area contributed by atoms with Crippen molar-refractivity contribution in [2.45, 2.75) is 19.5 Å². The molecule has 0 radical (unpaired) electrons. The summed E-state index contributed by atoms with van der Waals surface area (Å²) in [5.41, 5.74) is 2.29. The number of esters is 1. The maximum atomic E-state index is 14.4. The van der Waals surface area contributed by atoms with Crippen LogP contribution in [-0.4, -0.2) is 12.1 Å². The number of ether oxygens (including phenoxy) is 1. The van der Waals surface area contributed by atoms with Crippen LogP contribution in [0, 0.1) is 12.7 Å². The fourth-order valence-electron chi connectivity index (χ4n) is 2.68. The van der Waals surface area contributed by atoms with Gasteiger partial charge in [-0.25, -0.2) is 9.18 Å². The van der Waals surface area contributed by atoms with E-state index in [4.69, 9.17) is 4.74 Å². The molecule has 144 valence electrons. The van der Waals surface area contributed by atoms with Crippen LogP contribution in [0.2, 0.25) is 0 Å². The number of alkyl halides is 3. The molecule has 6 heteroatoms. The Kier molecular flexibility index (Phi) is 5.49. The number of halogens is 4. The van der Waals surface area contributed by atoms with Crippen LogP contribution in [-0.2, 0) is 6.42 Å². The van der Waals surface area contributed by atoms with E-state index in [1.54, 1.807) is 6.07 Å². The van der Waals surface area contributed by atoms with Gasteiger partial charge >= 0.3 is 12.1 Å². The molecule has 0 aromatic heterocycles. The lowest BCUT2D eigenvalue weighted by molar-refractivity contribution is -0.127. The molecule has 0 spiro atoms. The molecule has 2 nitrogen and oxygen atoms in total. The molecular weight excluding hydrogens is 372 g/mol. The van der Waals surface area contributed by atoms with Gasteiger partial charge in [0.2, 0.25) is 0 Å². The predicted molar refractivity (Wildman–Crippen MR) is 97.7 cm³/mol. The maximum Gasteiger partial charge on any atom is 0.393 e. The van der Waals surface area contributed by atoms with Crippen molar-refractivity contribution >= 4 is 5.97 Å². The van der Waals surface area contributed by atoms with Crippen molar-refractivity contribution < 1.29 is 27.1 Å². The normalized spacial score (nSPS) is 11.3. The van der Waals surface area contributed by atoms with E-state index in [1.165, 1.54) is 36.4 Å². The number of hydrogen-bond donors (Lipinski definition) is 0. The third kappa shape index (κ3) is 4.97. The second-order valence-electron chi connectivity index (χ2n) is 6.39. The second-order valence-corrected chi connectivity index (χ2v) is 6.39. The number of carbonyl (C=O) groups is 1. The number of hydrogen-bond acceptors (Lipinski definition) is 2.